The number of nitrogens with one attached hydrogen (secondary N) is 1. The van der Waals surface area contributed by atoms with Gasteiger partial charge in [-0.2, -0.15) is 0 Å². The Labute approximate surface area is 70.9 Å². The van der Waals surface area contributed by atoms with Gasteiger partial charge in [-0.05, 0) is 7.05 Å². The molecule has 11 heavy (non-hydrogen) atoms. The molecule has 1 atom stereocenters. The molecule has 1 heterocycles. The molecule has 0 saturated carbocycles. The fourth-order valence-corrected chi connectivity index (χ4v) is 2.01. The second kappa shape index (κ2) is 4.62. The van der Waals surface area contributed by atoms with E-state index in [0.717, 1.165) is 18.7 Å². The minimum absolute atomic E-state index is 0.0360. The van der Waals surface area contributed by atoms with Gasteiger partial charge >= 0.3 is 5.97 Å². The van der Waals surface area contributed by atoms with Crippen LogP contribution in [0.1, 0.15) is 6.42 Å². The van der Waals surface area contributed by atoms with E-state index >= 15 is 0 Å². The number of esters is 1. The fraction of sp³-hybridized carbons (Fsp3) is 0.857. The van der Waals surface area contributed by atoms with E-state index in [1.807, 2.05) is 7.05 Å². The van der Waals surface area contributed by atoms with Crippen LogP contribution < -0.4 is 5.32 Å². The SMILES string of the molecule is CNCCSC1CCOC1=O. The molecule has 0 aliphatic carbocycles. The van der Waals surface area contributed by atoms with Crippen LogP contribution in [0.15, 0.2) is 0 Å². The van der Waals surface area contributed by atoms with Crippen LogP contribution in [0, 0.1) is 0 Å². The van der Waals surface area contributed by atoms with Crippen molar-refractivity contribution in [2.24, 2.45) is 0 Å². The Hall–Kier alpha value is -0.220. The predicted octanol–water partition coefficient (Wildman–Crippen LogP) is 0.254. The lowest BCUT2D eigenvalue weighted by Crippen LogP contribution is -2.15. The van der Waals surface area contributed by atoms with Gasteiger partial charge in [-0.15, -0.1) is 11.8 Å². The second-order valence-corrected chi connectivity index (χ2v) is 3.73. The van der Waals surface area contributed by atoms with Gasteiger partial charge in [0.1, 0.15) is 5.25 Å². The highest BCUT2D eigenvalue weighted by molar-refractivity contribution is 8.00. The summed E-state index contributed by atoms with van der Waals surface area (Å²) in [5, 5.41) is 3.13. The van der Waals surface area contributed by atoms with Gasteiger partial charge in [-0.3, -0.25) is 4.79 Å². The lowest BCUT2D eigenvalue weighted by molar-refractivity contribution is -0.137. The van der Waals surface area contributed by atoms with Crippen molar-refractivity contribution in [1.29, 1.82) is 0 Å². The predicted molar refractivity (Wildman–Crippen MR) is 45.7 cm³/mol. The van der Waals surface area contributed by atoms with E-state index < -0.39 is 0 Å². The lowest BCUT2D eigenvalue weighted by Gasteiger charge is -2.03. The summed E-state index contributed by atoms with van der Waals surface area (Å²) in [7, 11) is 1.91. The van der Waals surface area contributed by atoms with Crippen molar-refractivity contribution < 1.29 is 9.53 Å². The topological polar surface area (TPSA) is 38.3 Å². The van der Waals surface area contributed by atoms with Crippen LogP contribution in [0.25, 0.3) is 0 Å². The summed E-state index contributed by atoms with van der Waals surface area (Å²) < 4.78 is 4.82. The van der Waals surface area contributed by atoms with E-state index in [-0.39, 0.29) is 11.2 Å². The third-order valence-electron chi connectivity index (χ3n) is 1.56. The van der Waals surface area contributed by atoms with Gasteiger partial charge in [-0.25, -0.2) is 0 Å². The first kappa shape index (κ1) is 8.87. The van der Waals surface area contributed by atoms with Gasteiger partial charge in [0.2, 0.25) is 0 Å². The molecular weight excluding hydrogens is 162 g/mol. The summed E-state index contributed by atoms with van der Waals surface area (Å²) >= 11 is 1.68. The molecule has 64 valence electrons. The van der Waals surface area contributed by atoms with Crippen molar-refractivity contribution in [3.05, 3.63) is 0 Å². The van der Waals surface area contributed by atoms with Crippen LogP contribution in [0.5, 0.6) is 0 Å². The number of carbonyl (C=O) groups excluding carboxylic acids is 1. The monoisotopic (exact) mass is 175 g/mol. The third kappa shape index (κ3) is 2.71. The Morgan fingerprint density at radius 1 is 1.82 bits per heavy atom. The molecule has 1 fully saturated rings. The quantitative estimate of drug-likeness (QED) is 0.491. The van der Waals surface area contributed by atoms with Crippen LogP contribution in [0.2, 0.25) is 0 Å². The van der Waals surface area contributed by atoms with Crippen LogP contribution in [-0.4, -0.2) is 37.2 Å². The van der Waals surface area contributed by atoms with Crippen LogP contribution in [0.4, 0.5) is 0 Å². The first-order valence-corrected chi connectivity index (χ1v) is 4.82. The number of carbonyl (C=O) groups is 1. The minimum atomic E-state index is -0.0360. The normalized spacial score (nSPS) is 23.7. The first-order valence-electron chi connectivity index (χ1n) is 3.77. The minimum Gasteiger partial charge on any atom is -0.465 e. The summed E-state index contributed by atoms with van der Waals surface area (Å²) in [6, 6.07) is 0. The molecule has 0 aromatic carbocycles. The molecule has 3 nitrogen and oxygen atoms in total. The van der Waals surface area contributed by atoms with Crippen LogP contribution >= 0.6 is 11.8 Å². The highest BCUT2D eigenvalue weighted by Crippen LogP contribution is 2.20. The molecule has 0 spiro atoms. The maximum Gasteiger partial charge on any atom is 0.319 e. The van der Waals surface area contributed by atoms with Crippen LogP contribution in [0.3, 0.4) is 0 Å². The highest BCUT2D eigenvalue weighted by atomic mass is 32.2. The van der Waals surface area contributed by atoms with Gasteiger partial charge in [0.15, 0.2) is 0 Å². The summed E-state index contributed by atoms with van der Waals surface area (Å²) in [5.74, 6) is 0.946. The average Bonchev–Trinajstić information content (AvgIpc) is 2.37. The molecule has 0 bridgehead atoms. The summed E-state index contributed by atoms with van der Waals surface area (Å²) in [6.45, 7) is 1.56. The molecule has 0 aromatic rings. The van der Waals surface area contributed by atoms with Gasteiger partial charge in [0.05, 0.1) is 6.61 Å². The van der Waals surface area contributed by atoms with Gasteiger partial charge in [-0.1, -0.05) is 0 Å². The zero-order valence-corrected chi connectivity index (χ0v) is 7.45. The van der Waals surface area contributed by atoms with Gasteiger partial charge < -0.3 is 10.1 Å². The van der Waals surface area contributed by atoms with Gasteiger partial charge in [0.25, 0.3) is 0 Å². The lowest BCUT2D eigenvalue weighted by atomic mass is 10.4. The van der Waals surface area contributed by atoms with Crippen molar-refractivity contribution in [1.82, 2.24) is 5.32 Å². The number of rotatable bonds is 4. The second-order valence-electron chi connectivity index (χ2n) is 2.42. The van der Waals surface area contributed by atoms with E-state index in [9.17, 15) is 4.79 Å². The fourth-order valence-electron chi connectivity index (χ4n) is 0.932. The molecule has 1 rings (SSSR count). The van der Waals surface area contributed by atoms with E-state index in [1.165, 1.54) is 0 Å². The molecule has 1 unspecified atom stereocenters. The number of cyclic esters (lactones) is 1. The molecule has 1 saturated heterocycles. The Morgan fingerprint density at radius 3 is 3.18 bits per heavy atom. The number of ether oxygens (including phenoxy) is 1. The summed E-state index contributed by atoms with van der Waals surface area (Å²) in [6.07, 6.45) is 0.882. The number of hydrogen-bond donors (Lipinski definition) is 1. The maximum absolute atomic E-state index is 10.9. The van der Waals surface area contributed by atoms with E-state index in [0.29, 0.717) is 6.61 Å². The van der Waals surface area contributed by atoms with Crippen LogP contribution in [-0.2, 0) is 9.53 Å². The Kier molecular flexibility index (Phi) is 3.72. The summed E-state index contributed by atoms with van der Waals surface area (Å²) in [4.78, 5) is 10.9. The molecule has 1 aliphatic rings. The number of hydrogen-bond acceptors (Lipinski definition) is 4. The average molecular weight is 175 g/mol. The van der Waals surface area contributed by atoms with E-state index in [2.05, 4.69) is 5.32 Å². The maximum atomic E-state index is 10.9. The van der Waals surface area contributed by atoms with Crippen molar-refractivity contribution in [3.8, 4) is 0 Å². The standard InChI is InChI=1S/C7H13NO2S/c1-8-3-5-11-6-2-4-10-7(6)9/h6,8H,2-5H2,1H3. The van der Waals surface area contributed by atoms with Crippen molar-refractivity contribution in [2.75, 3.05) is 26.0 Å². The Morgan fingerprint density at radius 2 is 2.64 bits per heavy atom. The molecule has 0 amide bonds. The van der Waals surface area contributed by atoms with Crippen molar-refractivity contribution >= 4 is 17.7 Å². The molecule has 0 radical (unpaired) electrons. The molecule has 1 N–H and O–H groups in total. The largest absolute Gasteiger partial charge is 0.465 e. The zero-order chi connectivity index (χ0) is 8.10. The van der Waals surface area contributed by atoms with E-state index in [4.69, 9.17) is 4.74 Å². The first-order chi connectivity index (χ1) is 5.34. The van der Waals surface area contributed by atoms with Gasteiger partial charge in [0, 0.05) is 18.7 Å². The zero-order valence-electron chi connectivity index (χ0n) is 6.63. The summed E-state index contributed by atoms with van der Waals surface area (Å²) in [5.41, 5.74) is 0. The third-order valence-corrected chi connectivity index (χ3v) is 2.83. The molecule has 4 heteroatoms. The molecular formula is C7H13NO2S. The number of thioether (sulfide) groups is 1. The van der Waals surface area contributed by atoms with Crippen molar-refractivity contribution in [2.45, 2.75) is 11.7 Å². The smallest absolute Gasteiger partial charge is 0.319 e. The van der Waals surface area contributed by atoms with E-state index in [1.54, 1.807) is 11.8 Å². The molecule has 0 aromatic heterocycles. The Bertz CT molecular complexity index is 140. The Balaban J connectivity index is 2.10. The molecule has 1 aliphatic heterocycles. The van der Waals surface area contributed by atoms with Crippen molar-refractivity contribution in [3.63, 3.8) is 0 Å². The highest BCUT2D eigenvalue weighted by Gasteiger charge is 2.26.